The highest BCUT2D eigenvalue weighted by molar-refractivity contribution is 5.91. The van der Waals surface area contributed by atoms with Crippen LogP contribution in [0.2, 0.25) is 0 Å². The molecule has 2 heterocycles. The van der Waals surface area contributed by atoms with Gasteiger partial charge in [-0.15, -0.1) is 0 Å². The van der Waals surface area contributed by atoms with Crippen LogP contribution in [0.25, 0.3) is 0 Å². The largest absolute Gasteiger partial charge is 0.497 e. The quantitative estimate of drug-likeness (QED) is 0.582. The van der Waals surface area contributed by atoms with E-state index in [1.807, 2.05) is 42.5 Å². The Morgan fingerprint density at radius 3 is 2.38 bits per heavy atom. The van der Waals surface area contributed by atoms with Gasteiger partial charge < -0.3 is 29.5 Å². The molecule has 2 amide bonds. The van der Waals surface area contributed by atoms with Crippen LogP contribution in [0.4, 0.5) is 10.5 Å². The molecular formula is C26H24N2O6. The minimum absolute atomic E-state index is 0.131. The molecule has 3 atom stereocenters. The van der Waals surface area contributed by atoms with Crippen molar-refractivity contribution >= 4 is 17.7 Å². The highest BCUT2D eigenvalue weighted by atomic mass is 16.7. The standard InChI is InChI=1S/C26H24N2O6/c1-32-19-10-7-16(8-11-19)24-23(25(29)30)20(17-9-12-21-22(13-17)34-15-33-21)14-28(24)26(31)27-18-5-3-2-4-6-18/h2-13,20,23-24H,14-15H2,1H3,(H,27,31)(H,29,30)/t20-,23+,24-/m1/s1. The molecule has 3 aromatic rings. The van der Waals surface area contributed by atoms with Crippen molar-refractivity contribution in [3.05, 3.63) is 83.9 Å². The smallest absolute Gasteiger partial charge is 0.322 e. The Morgan fingerprint density at radius 1 is 0.971 bits per heavy atom. The second-order valence-electron chi connectivity index (χ2n) is 8.25. The highest BCUT2D eigenvalue weighted by Gasteiger charge is 2.49. The minimum Gasteiger partial charge on any atom is -0.497 e. The van der Waals surface area contributed by atoms with Gasteiger partial charge in [-0.2, -0.15) is 0 Å². The van der Waals surface area contributed by atoms with Crippen LogP contribution < -0.4 is 19.5 Å². The number of ether oxygens (including phenoxy) is 3. The number of methoxy groups -OCH3 is 1. The predicted octanol–water partition coefficient (Wildman–Crippen LogP) is 4.50. The van der Waals surface area contributed by atoms with E-state index in [0.29, 0.717) is 22.9 Å². The number of hydrogen-bond acceptors (Lipinski definition) is 5. The molecule has 0 aromatic heterocycles. The van der Waals surface area contributed by atoms with E-state index in [0.717, 1.165) is 11.1 Å². The summed E-state index contributed by atoms with van der Waals surface area (Å²) in [6, 6.07) is 20.7. The summed E-state index contributed by atoms with van der Waals surface area (Å²) in [7, 11) is 1.57. The van der Waals surface area contributed by atoms with Crippen molar-refractivity contribution in [3.63, 3.8) is 0 Å². The average molecular weight is 460 g/mol. The second-order valence-corrected chi connectivity index (χ2v) is 8.25. The van der Waals surface area contributed by atoms with E-state index in [2.05, 4.69) is 5.32 Å². The normalized spacial score (nSPS) is 20.7. The van der Waals surface area contributed by atoms with Crippen LogP contribution >= 0.6 is 0 Å². The summed E-state index contributed by atoms with van der Waals surface area (Å²) in [5.74, 6) is -0.426. The van der Waals surface area contributed by atoms with Gasteiger partial charge in [-0.25, -0.2) is 4.79 Å². The van der Waals surface area contributed by atoms with Gasteiger partial charge in [-0.3, -0.25) is 4.79 Å². The number of para-hydroxylation sites is 1. The summed E-state index contributed by atoms with van der Waals surface area (Å²) >= 11 is 0. The summed E-state index contributed by atoms with van der Waals surface area (Å²) in [5.41, 5.74) is 2.14. The molecule has 0 radical (unpaired) electrons. The lowest BCUT2D eigenvalue weighted by Crippen LogP contribution is -2.36. The zero-order valence-electron chi connectivity index (χ0n) is 18.5. The first kappa shape index (κ1) is 21.6. The number of fused-ring (bicyclic) bond motifs is 1. The Hall–Kier alpha value is -4.20. The summed E-state index contributed by atoms with van der Waals surface area (Å²) in [4.78, 5) is 27.6. The van der Waals surface area contributed by atoms with Crippen molar-refractivity contribution in [1.82, 2.24) is 4.90 Å². The number of carbonyl (C=O) groups excluding carboxylic acids is 1. The lowest BCUT2D eigenvalue weighted by molar-refractivity contribution is -0.142. The number of aliphatic carboxylic acids is 1. The molecule has 0 spiro atoms. The zero-order chi connectivity index (χ0) is 23.7. The molecule has 0 saturated carbocycles. The van der Waals surface area contributed by atoms with Crippen LogP contribution in [0, 0.1) is 5.92 Å². The first-order valence-corrected chi connectivity index (χ1v) is 10.9. The Morgan fingerprint density at radius 2 is 1.68 bits per heavy atom. The molecule has 2 N–H and O–H groups in total. The van der Waals surface area contributed by atoms with Crippen molar-refractivity contribution in [3.8, 4) is 17.2 Å². The molecule has 1 saturated heterocycles. The number of likely N-dealkylation sites (tertiary alicyclic amines) is 1. The third-order valence-corrected chi connectivity index (χ3v) is 6.36. The molecule has 3 aromatic carbocycles. The Bertz CT molecular complexity index is 1200. The van der Waals surface area contributed by atoms with E-state index in [1.54, 1.807) is 42.3 Å². The molecule has 0 bridgehead atoms. The van der Waals surface area contributed by atoms with Crippen LogP contribution in [0.15, 0.2) is 72.8 Å². The van der Waals surface area contributed by atoms with Gasteiger partial charge >= 0.3 is 12.0 Å². The molecule has 2 aliphatic heterocycles. The lowest BCUT2D eigenvalue weighted by Gasteiger charge is -2.27. The maximum atomic E-state index is 13.4. The number of nitrogens with zero attached hydrogens (tertiary/aromatic N) is 1. The second kappa shape index (κ2) is 8.97. The van der Waals surface area contributed by atoms with E-state index in [4.69, 9.17) is 14.2 Å². The van der Waals surface area contributed by atoms with Gasteiger partial charge in [0, 0.05) is 18.2 Å². The number of hydrogen-bond donors (Lipinski definition) is 2. The third kappa shape index (κ3) is 3.98. The summed E-state index contributed by atoms with van der Waals surface area (Å²) < 4.78 is 16.2. The maximum absolute atomic E-state index is 13.4. The predicted molar refractivity (Wildman–Crippen MR) is 124 cm³/mol. The average Bonchev–Trinajstić information content (AvgIpc) is 3.49. The first-order chi connectivity index (χ1) is 16.5. The van der Waals surface area contributed by atoms with Crippen molar-refractivity contribution < 1.29 is 28.9 Å². The van der Waals surface area contributed by atoms with Crippen molar-refractivity contribution in [2.24, 2.45) is 5.92 Å². The van der Waals surface area contributed by atoms with Gasteiger partial charge in [0.2, 0.25) is 6.79 Å². The molecule has 8 nitrogen and oxygen atoms in total. The number of benzene rings is 3. The number of carboxylic acid groups (broad SMARTS) is 1. The molecule has 174 valence electrons. The van der Waals surface area contributed by atoms with Crippen LogP contribution in [0.3, 0.4) is 0 Å². The molecule has 5 rings (SSSR count). The van der Waals surface area contributed by atoms with E-state index < -0.39 is 23.8 Å². The Kier molecular flexibility index (Phi) is 5.71. The summed E-state index contributed by atoms with van der Waals surface area (Å²) in [5, 5.41) is 13.2. The van der Waals surface area contributed by atoms with E-state index in [-0.39, 0.29) is 19.4 Å². The number of nitrogens with one attached hydrogen (secondary N) is 1. The molecule has 1 fully saturated rings. The molecule has 34 heavy (non-hydrogen) atoms. The van der Waals surface area contributed by atoms with Gasteiger partial charge in [0.25, 0.3) is 0 Å². The molecule has 0 unspecified atom stereocenters. The van der Waals surface area contributed by atoms with E-state index >= 15 is 0 Å². The Balaban J connectivity index is 1.54. The van der Waals surface area contributed by atoms with Gasteiger partial charge in [0.05, 0.1) is 19.1 Å². The number of amides is 2. The fourth-order valence-corrected chi connectivity index (χ4v) is 4.73. The molecular weight excluding hydrogens is 436 g/mol. The molecule has 2 aliphatic rings. The van der Waals surface area contributed by atoms with Crippen LogP contribution in [0.5, 0.6) is 17.2 Å². The first-order valence-electron chi connectivity index (χ1n) is 10.9. The van der Waals surface area contributed by atoms with Gasteiger partial charge in [-0.1, -0.05) is 36.4 Å². The number of carboxylic acids is 1. The fourth-order valence-electron chi connectivity index (χ4n) is 4.73. The number of carbonyl (C=O) groups is 2. The highest BCUT2D eigenvalue weighted by Crippen LogP contribution is 2.48. The number of rotatable bonds is 5. The fraction of sp³-hybridized carbons (Fsp3) is 0.231. The van der Waals surface area contributed by atoms with Crippen LogP contribution in [-0.4, -0.2) is 42.5 Å². The lowest BCUT2D eigenvalue weighted by atomic mass is 9.83. The van der Waals surface area contributed by atoms with Gasteiger partial charge in [-0.05, 0) is 47.5 Å². The number of anilines is 1. The van der Waals surface area contributed by atoms with Crippen molar-refractivity contribution in [2.75, 3.05) is 25.8 Å². The van der Waals surface area contributed by atoms with E-state index in [1.165, 1.54) is 0 Å². The van der Waals surface area contributed by atoms with Gasteiger partial charge in [0.15, 0.2) is 11.5 Å². The zero-order valence-corrected chi connectivity index (χ0v) is 18.5. The topological polar surface area (TPSA) is 97.3 Å². The number of urea groups is 1. The van der Waals surface area contributed by atoms with Crippen LogP contribution in [-0.2, 0) is 4.79 Å². The van der Waals surface area contributed by atoms with Crippen molar-refractivity contribution in [2.45, 2.75) is 12.0 Å². The minimum atomic E-state index is -0.974. The summed E-state index contributed by atoms with van der Waals surface area (Å²) in [6.45, 7) is 0.359. The van der Waals surface area contributed by atoms with Crippen LogP contribution in [0.1, 0.15) is 23.1 Å². The van der Waals surface area contributed by atoms with E-state index in [9.17, 15) is 14.7 Å². The molecule has 0 aliphatic carbocycles. The maximum Gasteiger partial charge on any atom is 0.322 e. The molecule has 8 heteroatoms. The SMILES string of the molecule is COc1ccc([C@@H]2[C@@H](C(=O)O)[C@@H](c3ccc4c(c3)OCO4)CN2C(=O)Nc2ccccc2)cc1. The monoisotopic (exact) mass is 460 g/mol. The van der Waals surface area contributed by atoms with Crippen molar-refractivity contribution in [1.29, 1.82) is 0 Å². The Labute approximate surface area is 196 Å². The summed E-state index contributed by atoms with van der Waals surface area (Å²) in [6.07, 6.45) is 0. The third-order valence-electron chi connectivity index (χ3n) is 6.36. The van der Waals surface area contributed by atoms with Gasteiger partial charge in [0.1, 0.15) is 5.75 Å².